The van der Waals surface area contributed by atoms with Crippen molar-refractivity contribution in [1.82, 2.24) is 4.90 Å². The van der Waals surface area contributed by atoms with Gasteiger partial charge in [0, 0.05) is 24.7 Å². The monoisotopic (exact) mass is 222 g/mol. The lowest BCUT2D eigenvalue weighted by atomic mass is 10.1. The van der Waals surface area contributed by atoms with Gasteiger partial charge in [0.2, 0.25) is 5.91 Å². The molecule has 3 N–H and O–H groups in total. The Balaban J connectivity index is 2.91. The molecule has 0 heterocycles. The maximum Gasteiger partial charge on any atom is 0.253 e. The number of benzene rings is 1. The van der Waals surface area contributed by atoms with Crippen LogP contribution >= 0.6 is 0 Å². The molecule has 1 rings (SSSR count). The van der Waals surface area contributed by atoms with Crippen molar-refractivity contribution in [2.24, 2.45) is 5.73 Å². The summed E-state index contributed by atoms with van der Waals surface area (Å²) in [5.41, 5.74) is 5.79. The van der Waals surface area contributed by atoms with E-state index in [0.29, 0.717) is 11.1 Å². The molecule has 0 aliphatic heterocycles. The van der Waals surface area contributed by atoms with Gasteiger partial charge in [-0.25, -0.2) is 0 Å². The molecule has 16 heavy (non-hydrogen) atoms. The first kappa shape index (κ1) is 12.2. The van der Waals surface area contributed by atoms with Crippen LogP contribution in [0.2, 0.25) is 0 Å². The van der Waals surface area contributed by atoms with E-state index in [4.69, 9.17) is 10.8 Å². The Labute approximate surface area is 93.5 Å². The van der Waals surface area contributed by atoms with Crippen LogP contribution in [0.25, 0.3) is 0 Å². The Morgan fingerprint density at radius 1 is 1.38 bits per heavy atom. The van der Waals surface area contributed by atoms with Gasteiger partial charge in [-0.1, -0.05) is 6.07 Å². The first-order chi connectivity index (χ1) is 7.56. The van der Waals surface area contributed by atoms with Crippen LogP contribution in [-0.2, 0) is 0 Å². The molecule has 0 aromatic heterocycles. The highest BCUT2D eigenvalue weighted by Crippen LogP contribution is 2.07. The van der Waals surface area contributed by atoms with Crippen molar-refractivity contribution in [1.29, 1.82) is 0 Å². The van der Waals surface area contributed by atoms with E-state index in [1.54, 1.807) is 25.2 Å². The SMILES string of the molecule is CN(CCO)C(=O)c1cccc(C(N)=O)c1. The van der Waals surface area contributed by atoms with E-state index >= 15 is 0 Å². The van der Waals surface area contributed by atoms with Crippen molar-refractivity contribution < 1.29 is 14.7 Å². The van der Waals surface area contributed by atoms with Crippen molar-refractivity contribution in [2.45, 2.75) is 0 Å². The molecule has 1 aromatic carbocycles. The summed E-state index contributed by atoms with van der Waals surface area (Å²) in [6, 6.07) is 6.19. The summed E-state index contributed by atoms with van der Waals surface area (Å²) in [6.07, 6.45) is 0. The molecule has 0 saturated heterocycles. The minimum absolute atomic E-state index is 0.0995. The second-order valence-corrected chi connectivity index (χ2v) is 3.40. The van der Waals surface area contributed by atoms with E-state index in [2.05, 4.69) is 0 Å². The number of amides is 2. The van der Waals surface area contributed by atoms with Gasteiger partial charge in [0.25, 0.3) is 5.91 Å². The first-order valence-corrected chi connectivity index (χ1v) is 4.82. The Morgan fingerprint density at radius 2 is 2.00 bits per heavy atom. The van der Waals surface area contributed by atoms with E-state index in [0.717, 1.165) is 0 Å². The number of hydrogen-bond donors (Lipinski definition) is 2. The zero-order valence-corrected chi connectivity index (χ0v) is 9.01. The van der Waals surface area contributed by atoms with Crippen molar-refractivity contribution in [3.8, 4) is 0 Å². The highest BCUT2D eigenvalue weighted by atomic mass is 16.3. The number of primary amides is 1. The van der Waals surface area contributed by atoms with Crippen molar-refractivity contribution in [3.05, 3.63) is 35.4 Å². The Morgan fingerprint density at radius 3 is 2.56 bits per heavy atom. The van der Waals surface area contributed by atoms with Crippen LogP contribution in [0.1, 0.15) is 20.7 Å². The van der Waals surface area contributed by atoms with Crippen LogP contribution in [0.5, 0.6) is 0 Å². The molecule has 0 bridgehead atoms. The van der Waals surface area contributed by atoms with Gasteiger partial charge in [0.15, 0.2) is 0 Å². The van der Waals surface area contributed by atoms with Crippen LogP contribution in [0.15, 0.2) is 24.3 Å². The lowest BCUT2D eigenvalue weighted by molar-refractivity contribution is 0.0767. The summed E-state index contributed by atoms with van der Waals surface area (Å²) in [4.78, 5) is 24.1. The van der Waals surface area contributed by atoms with Gasteiger partial charge in [-0.15, -0.1) is 0 Å². The molecule has 0 unspecified atom stereocenters. The molecule has 0 fully saturated rings. The topological polar surface area (TPSA) is 83.6 Å². The fraction of sp³-hybridized carbons (Fsp3) is 0.273. The minimum Gasteiger partial charge on any atom is -0.395 e. The number of likely N-dealkylation sites (N-methyl/N-ethyl adjacent to an activating group) is 1. The summed E-state index contributed by atoms with van der Waals surface area (Å²) >= 11 is 0. The van der Waals surface area contributed by atoms with Crippen molar-refractivity contribution >= 4 is 11.8 Å². The third kappa shape index (κ3) is 2.80. The highest BCUT2D eigenvalue weighted by Gasteiger charge is 2.12. The third-order valence-electron chi connectivity index (χ3n) is 2.18. The summed E-state index contributed by atoms with van der Waals surface area (Å²) in [6.45, 7) is 0.150. The number of carbonyl (C=O) groups excluding carboxylic acids is 2. The summed E-state index contributed by atoms with van der Waals surface area (Å²) in [7, 11) is 1.58. The standard InChI is InChI=1S/C11H14N2O3/c1-13(5-6-14)11(16)9-4-2-3-8(7-9)10(12)15/h2-4,7,14H,5-6H2,1H3,(H2,12,15). The zero-order valence-electron chi connectivity index (χ0n) is 9.01. The lowest BCUT2D eigenvalue weighted by Crippen LogP contribution is -2.29. The molecule has 0 atom stereocenters. The quantitative estimate of drug-likeness (QED) is 0.743. The summed E-state index contributed by atoms with van der Waals surface area (Å²) in [5.74, 6) is -0.823. The highest BCUT2D eigenvalue weighted by molar-refractivity contribution is 5.98. The van der Waals surface area contributed by atoms with Crippen molar-refractivity contribution in [3.63, 3.8) is 0 Å². The average molecular weight is 222 g/mol. The van der Waals surface area contributed by atoms with E-state index in [-0.39, 0.29) is 19.1 Å². The molecule has 0 spiro atoms. The van der Waals surface area contributed by atoms with Gasteiger partial charge < -0.3 is 15.7 Å². The largest absolute Gasteiger partial charge is 0.395 e. The number of aliphatic hydroxyl groups is 1. The average Bonchev–Trinajstić information content (AvgIpc) is 2.28. The van der Waals surface area contributed by atoms with E-state index in [9.17, 15) is 9.59 Å². The van der Waals surface area contributed by atoms with E-state index < -0.39 is 5.91 Å². The first-order valence-electron chi connectivity index (χ1n) is 4.82. The van der Waals surface area contributed by atoms with Gasteiger partial charge >= 0.3 is 0 Å². The normalized spacial score (nSPS) is 9.88. The van der Waals surface area contributed by atoms with Crippen molar-refractivity contribution in [2.75, 3.05) is 20.2 Å². The molecule has 0 saturated carbocycles. The smallest absolute Gasteiger partial charge is 0.253 e. The molecular formula is C11H14N2O3. The van der Waals surface area contributed by atoms with Crippen LogP contribution in [0.3, 0.4) is 0 Å². The van der Waals surface area contributed by atoms with Gasteiger partial charge in [-0.3, -0.25) is 9.59 Å². The zero-order chi connectivity index (χ0) is 12.1. The summed E-state index contributed by atoms with van der Waals surface area (Å²) < 4.78 is 0. The number of carbonyl (C=O) groups is 2. The molecule has 5 nitrogen and oxygen atoms in total. The van der Waals surface area contributed by atoms with Gasteiger partial charge in [0.05, 0.1) is 6.61 Å². The second kappa shape index (κ2) is 5.27. The fourth-order valence-corrected chi connectivity index (χ4v) is 1.28. The predicted molar refractivity (Wildman–Crippen MR) is 59.0 cm³/mol. The van der Waals surface area contributed by atoms with Gasteiger partial charge in [-0.2, -0.15) is 0 Å². The molecular weight excluding hydrogens is 208 g/mol. The number of nitrogens with two attached hydrogens (primary N) is 1. The Kier molecular flexibility index (Phi) is 4.02. The molecule has 86 valence electrons. The van der Waals surface area contributed by atoms with E-state index in [1.165, 1.54) is 11.0 Å². The van der Waals surface area contributed by atoms with Gasteiger partial charge in [0.1, 0.15) is 0 Å². The number of aliphatic hydroxyl groups excluding tert-OH is 1. The minimum atomic E-state index is -0.570. The molecule has 0 aliphatic rings. The summed E-state index contributed by atoms with van der Waals surface area (Å²) in [5, 5.41) is 8.71. The number of hydrogen-bond acceptors (Lipinski definition) is 3. The molecule has 5 heteroatoms. The van der Waals surface area contributed by atoms with Crippen LogP contribution < -0.4 is 5.73 Å². The lowest BCUT2D eigenvalue weighted by Gasteiger charge is -2.15. The third-order valence-corrected chi connectivity index (χ3v) is 2.18. The Hall–Kier alpha value is -1.88. The fourth-order valence-electron chi connectivity index (χ4n) is 1.28. The maximum atomic E-state index is 11.8. The van der Waals surface area contributed by atoms with Crippen LogP contribution in [-0.4, -0.2) is 42.0 Å². The molecule has 2 amide bonds. The number of rotatable bonds is 4. The van der Waals surface area contributed by atoms with Gasteiger partial charge in [-0.05, 0) is 18.2 Å². The van der Waals surface area contributed by atoms with Crippen LogP contribution in [0, 0.1) is 0 Å². The predicted octanol–water partition coefficient (Wildman–Crippen LogP) is -0.150. The van der Waals surface area contributed by atoms with Crippen LogP contribution in [0.4, 0.5) is 0 Å². The molecule has 0 aliphatic carbocycles. The Bertz CT molecular complexity index is 404. The van der Waals surface area contributed by atoms with E-state index in [1.807, 2.05) is 0 Å². The second-order valence-electron chi connectivity index (χ2n) is 3.40. The maximum absolute atomic E-state index is 11.8. The molecule has 0 radical (unpaired) electrons. The molecule has 1 aromatic rings. The number of nitrogens with zero attached hydrogens (tertiary/aromatic N) is 1.